The van der Waals surface area contributed by atoms with Crippen molar-refractivity contribution in [3.8, 4) is 5.75 Å². The predicted molar refractivity (Wildman–Crippen MR) is 92.6 cm³/mol. The quantitative estimate of drug-likeness (QED) is 0.765. The summed E-state index contributed by atoms with van der Waals surface area (Å²) in [5.74, 6) is -0.668. The SMILES string of the molecule is CCOC(=O)C1=C[C@@](C)(C(=O)OCC)[C@@H]2COc3ccc(Cl)cc3[C@H]12. The molecule has 0 amide bonds. The van der Waals surface area contributed by atoms with Crippen molar-refractivity contribution in [1.29, 1.82) is 0 Å². The molecule has 0 fully saturated rings. The highest BCUT2D eigenvalue weighted by Gasteiger charge is 2.55. The maximum absolute atomic E-state index is 12.6. The van der Waals surface area contributed by atoms with E-state index in [9.17, 15) is 9.59 Å². The van der Waals surface area contributed by atoms with E-state index in [1.165, 1.54) is 0 Å². The largest absolute Gasteiger partial charge is 0.493 e. The number of hydrogen-bond acceptors (Lipinski definition) is 5. The van der Waals surface area contributed by atoms with E-state index >= 15 is 0 Å². The Morgan fingerprint density at radius 1 is 1.28 bits per heavy atom. The molecule has 0 radical (unpaired) electrons. The summed E-state index contributed by atoms with van der Waals surface area (Å²) in [7, 11) is 0. The molecule has 1 aliphatic carbocycles. The Bertz CT molecular complexity index is 741. The summed E-state index contributed by atoms with van der Waals surface area (Å²) in [6, 6.07) is 5.32. The van der Waals surface area contributed by atoms with Crippen LogP contribution in [0.15, 0.2) is 29.8 Å². The number of rotatable bonds is 4. The van der Waals surface area contributed by atoms with E-state index in [2.05, 4.69) is 0 Å². The Hall–Kier alpha value is -2.01. The number of carbonyl (C=O) groups is 2. The molecule has 0 N–H and O–H groups in total. The molecule has 2 aliphatic rings. The highest BCUT2D eigenvalue weighted by molar-refractivity contribution is 6.30. The fourth-order valence-electron chi connectivity index (χ4n) is 3.71. The van der Waals surface area contributed by atoms with Crippen LogP contribution in [0.3, 0.4) is 0 Å². The normalized spacial score (nSPS) is 26.8. The van der Waals surface area contributed by atoms with Crippen LogP contribution in [-0.4, -0.2) is 31.8 Å². The van der Waals surface area contributed by atoms with Gasteiger partial charge in [-0.2, -0.15) is 0 Å². The first-order valence-corrected chi connectivity index (χ1v) is 8.79. The maximum Gasteiger partial charge on any atom is 0.334 e. The molecule has 0 unspecified atom stereocenters. The highest BCUT2D eigenvalue weighted by atomic mass is 35.5. The Labute approximate surface area is 151 Å². The second-order valence-electron chi connectivity index (χ2n) is 6.40. The number of fused-ring (bicyclic) bond motifs is 3. The molecular formula is C19H21ClO5. The monoisotopic (exact) mass is 364 g/mol. The van der Waals surface area contributed by atoms with Crippen LogP contribution in [0.2, 0.25) is 5.02 Å². The average molecular weight is 365 g/mol. The van der Waals surface area contributed by atoms with E-state index in [0.29, 0.717) is 23.0 Å². The third kappa shape index (κ3) is 2.91. The molecule has 5 nitrogen and oxygen atoms in total. The van der Waals surface area contributed by atoms with Crippen molar-refractivity contribution in [1.82, 2.24) is 0 Å². The number of halogens is 1. The lowest BCUT2D eigenvalue weighted by atomic mass is 9.72. The molecule has 1 aromatic rings. The minimum atomic E-state index is -0.956. The minimum Gasteiger partial charge on any atom is -0.493 e. The molecule has 0 saturated carbocycles. The molecule has 0 bridgehead atoms. The predicted octanol–water partition coefficient (Wildman–Crippen LogP) is 3.50. The van der Waals surface area contributed by atoms with Gasteiger partial charge in [0.05, 0.1) is 25.2 Å². The Morgan fingerprint density at radius 2 is 2.00 bits per heavy atom. The van der Waals surface area contributed by atoms with Crippen molar-refractivity contribution < 1.29 is 23.8 Å². The summed E-state index contributed by atoms with van der Waals surface area (Å²) in [5.41, 5.74) is 0.313. The summed E-state index contributed by atoms with van der Waals surface area (Å²) in [6.45, 7) is 6.16. The summed E-state index contributed by atoms with van der Waals surface area (Å²) in [5, 5.41) is 0.552. The second-order valence-corrected chi connectivity index (χ2v) is 6.84. The van der Waals surface area contributed by atoms with Gasteiger partial charge in [-0.1, -0.05) is 17.7 Å². The fourth-order valence-corrected chi connectivity index (χ4v) is 3.89. The summed E-state index contributed by atoms with van der Waals surface area (Å²) >= 11 is 6.16. The van der Waals surface area contributed by atoms with E-state index in [4.69, 9.17) is 25.8 Å². The van der Waals surface area contributed by atoms with Crippen LogP contribution in [0.1, 0.15) is 32.3 Å². The molecule has 1 heterocycles. The van der Waals surface area contributed by atoms with Crippen LogP contribution >= 0.6 is 11.6 Å². The molecule has 3 atom stereocenters. The smallest absolute Gasteiger partial charge is 0.334 e. The Morgan fingerprint density at radius 3 is 2.68 bits per heavy atom. The fraction of sp³-hybridized carbons (Fsp3) is 0.474. The third-order valence-corrected chi connectivity index (χ3v) is 5.15. The maximum atomic E-state index is 12.6. The number of benzene rings is 1. The van der Waals surface area contributed by atoms with Crippen LogP contribution in [0, 0.1) is 11.3 Å². The average Bonchev–Trinajstić information content (AvgIpc) is 2.90. The molecule has 0 aromatic heterocycles. The van der Waals surface area contributed by atoms with Gasteiger partial charge >= 0.3 is 11.9 Å². The summed E-state index contributed by atoms with van der Waals surface area (Å²) < 4.78 is 16.3. The number of carbonyl (C=O) groups excluding carboxylic acids is 2. The third-order valence-electron chi connectivity index (χ3n) is 4.91. The molecule has 134 valence electrons. The van der Waals surface area contributed by atoms with Gasteiger partial charge in [-0.05, 0) is 39.0 Å². The molecule has 1 aromatic carbocycles. The molecule has 6 heteroatoms. The van der Waals surface area contributed by atoms with Crippen molar-refractivity contribution in [2.75, 3.05) is 19.8 Å². The summed E-state index contributed by atoms with van der Waals surface area (Å²) in [6.07, 6.45) is 1.69. The first kappa shape index (κ1) is 17.8. The lowest BCUT2D eigenvalue weighted by Crippen LogP contribution is -2.40. The van der Waals surface area contributed by atoms with E-state index in [1.54, 1.807) is 45.0 Å². The molecular weight excluding hydrogens is 344 g/mol. The lowest BCUT2D eigenvalue weighted by molar-refractivity contribution is -0.155. The van der Waals surface area contributed by atoms with Gasteiger partial charge in [0.25, 0.3) is 0 Å². The molecule has 1 aliphatic heterocycles. The Kier molecular flexibility index (Phi) is 4.78. The van der Waals surface area contributed by atoms with E-state index in [0.717, 1.165) is 5.56 Å². The minimum absolute atomic E-state index is 0.253. The van der Waals surface area contributed by atoms with Crippen molar-refractivity contribution in [2.24, 2.45) is 11.3 Å². The zero-order valence-electron chi connectivity index (χ0n) is 14.5. The van der Waals surface area contributed by atoms with Gasteiger partial charge in [0.15, 0.2) is 0 Å². The highest BCUT2D eigenvalue weighted by Crippen LogP contribution is 2.55. The van der Waals surface area contributed by atoms with Gasteiger partial charge in [-0.15, -0.1) is 0 Å². The molecule has 3 rings (SSSR count). The van der Waals surface area contributed by atoms with Crippen molar-refractivity contribution in [3.05, 3.63) is 40.4 Å². The van der Waals surface area contributed by atoms with Crippen LogP contribution in [0.25, 0.3) is 0 Å². The van der Waals surface area contributed by atoms with E-state index in [1.807, 2.05) is 0 Å². The van der Waals surface area contributed by atoms with Crippen LogP contribution in [0.4, 0.5) is 0 Å². The van der Waals surface area contributed by atoms with E-state index in [-0.39, 0.29) is 31.0 Å². The van der Waals surface area contributed by atoms with Gasteiger partial charge in [0, 0.05) is 28.0 Å². The zero-order valence-corrected chi connectivity index (χ0v) is 15.3. The van der Waals surface area contributed by atoms with Gasteiger partial charge in [0.2, 0.25) is 0 Å². The molecule has 0 spiro atoms. The van der Waals surface area contributed by atoms with Gasteiger partial charge in [-0.3, -0.25) is 4.79 Å². The van der Waals surface area contributed by atoms with Gasteiger partial charge in [0.1, 0.15) is 5.75 Å². The number of ether oxygens (including phenoxy) is 3. The van der Waals surface area contributed by atoms with E-state index < -0.39 is 11.4 Å². The van der Waals surface area contributed by atoms with Crippen LogP contribution in [-0.2, 0) is 19.1 Å². The lowest BCUT2D eigenvalue weighted by Gasteiger charge is -2.36. The first-order valence-electron chi connectivity index (χ1n) is 8.41. The van der Waals surface area contributed by atoms with Crippen molar-refractivity contribution in [2.45, 2.75) is 26.7 Å². The summed E-state index contributed by atoms with van der Waals surface area (Å²) in [4.78, 5) is 25.2. The number of esters is 2. The first-order chi connectivity index (χ1) is 11.9. The standard InChI is InChI=1S/C19H21ClO5/c1-4-23-17(21)13-9-19(3,18(22)24-5-2)14-10-25-15-7-6-11(20)8-12(15)16(13)14/h6-9,14,16H,4-5,10H2,1-3H3/t14-,16-,19-/m1/s1. The topological polar surface area (TPSA) is 61.8 Å². The molecule has 25 heavy (non-hydrogen) atoms. The Balaban J connectivity index is 2.10. The van der Waals surface area contributed by atoms with Crippen LogP contribution in [0.5, 0.6) is 5.75 Å². The van der Waals surface area contributed by atoms with Crippen molar-refractivity contribution >= 4 is 23.5 Å². The molecule has 0 saturated heterocycles. The van der Waals surface area contributed by atoms with Crippen molar-refractivity contribution in [3.63, 3.8) is 0 Å². The van der Waals surface area contributed by atoms with Crippen LogP contribution < -0.4 is 4.74 Å². The zero-order chi connectivity index (χ0) is 18.2. The van der Waals surface area contributed by atoms with Gasteiger partial charge < -0.3 is 14.2 Å². The number of hydrogen-bond donors (Lipinski definition) is 0. The van der Waals surface area contributed by atoms with Gasteiger partial charge in [-0.25, -0.2) is 4.79 Å². The second kappa shape index (κ2) is 6.71.